The Hall–Kier alpha value is -1.01. The molecule has 116 valence electrons. The first kappa shape index (κ1) is 14.9. The number of nitrogen functional groups attached to an aromatic ring is 1. The van der Waals surface area contributed by atoms with E-state index in [1.54, 1.807) is 0 Å². The van der Waals surface area contributed by atoms with E-state index in [9.17, 15) is 0 Å². The van der Waals surface area contributed by atoms with Crippen LogP contribution in [-0.2, 0) is 0 Å². The smallest absolute Gasteiger partial charge is 0.222 e. The van der Waals surface area contributed by atoms with Gasteiger partial charge in [0.05, 0.1) is 0 Å². The molecule has 0 spiro atoms. The predicted octanol–water partition coefficient (Wildman–Crippen LogP) is 1.69. The van der Waals surface area contributed by atoms with Gasteiger partial charge in [0.15, 0.2) is 0 Å². The van der Waals surface area contributed by atoms with Gasteiger partial charge in [-0.25, -0.2) is 4.98 Å². The van der Waals surface area contributed by atoms with E-state index < -0.39 is 0 Å². The van der Waals surface area contributed by atoms with Crippen molar-refractivity contribution < 1.29 is 0 Å². The molecule has 0 saturated carbocycles. The van der Waals surface area contributed by atoms with Crippen LogP contribution < -0.4 is 10.6 Å². The maximum absolute atomic E-state index is 5.82. The first-order valence-corrected chi connectivity index (χ1v) is 8.98. The highest BCUT2D eigenvalue weighted by Crippen LogP contribution is 2.26. The molecule has 2 fully saturated rings. The van der Waals surface area contributed by atoms with Gasteiger partial charge in [-0.3, -0.25) is 4.90 Å². The van der Waals surface area contributed by atoms with Crippen LogP contribution in [0.15, 0.2) is 0 Å². The third-order valence-electron chi connectivity index (χ3n) is 4.71. The third kappa shape index (κ3) is 3.26. The summed E-state index contributed by atoms with van der Waals surface area (Å²) in [7, 11) is 0. The van der Waals surface area contributed by atoms with Gasteiger partial charge < -0.3 is 10.6 Å². The summed E-state index contributed by atoms with van der Waals surface area (Å²) in [5.41, 5.74) is 7.98. The maximum atomic E-state index is 5.82. The van der Waals surface area contributed by atoms with Crippen molar-refractivity contribution in [1.82, 2.24) is 14.9 Å². The molecule has 2 aliphatic rings. The fourth-order valence-corrected chi connectivity index (χ4v) is 4.26. The number of hydrogen-bond donors (Lipinski definition) is 1. The quantitative estimate of drug-likeness (QED) is 0.897. The fourth-order valence-electron chi connectivity index (χ4n) is 3.33. The molecule has 2 N–H and O–H groups in total. The van der Waals surface area contributed by atoms with Gasteiger partial charge in [0.25, 0.3) is 0 Å². The van der Waals surface area contributed by atoms with Crippen LogP contribution in [-0.4, -0.2) is 58.6 Å². The van der Waals surface area contributed by atoms with Crippen molar-refractivity contribution in [2.75, 3.05) is 48.3 Å². The van der Waals surface area contributed by atoms with Gasteiger partial charge in [0.2, 0.25) is 5.95 Å². The highest BCUT2D eigenvalue weighted by atomic mass is 32.2. The van der Waals surface area contributed by atoms with Crippen molar-refractivity contribution in [2.24, 2.45) is 0 Å². The molecule has 1 aromatic heterocycles. The van der Waals surface area contributed by atoms with E-state index >= 15 is 0 Å². The van der Waals surface area contributed by atoms with E-state index in [4.69, 9.17) is 5.73 Å². The molecular weight excluding hydrogens is 282 g/mol. The number of piperidine rings is 1. The number of hydrogen-bond acceptors (Lipinski definition) is 6. The van der Waals surface area contributed by atoms with E-state index in [0.717, 1.165) is 36.2 Å². The second-order valence-electron chi connectivity index (χ2n) is 5.98. The number of anilines is 2. The Balaban J connectivity index is 1.65. The largest absolute Gasteiger partial charge is 0.368 e. The lowest BCUT2D eigenvalue weighted by Crippen LogP contribution is -2.48. The molecule has 0 bridgehead atoms. The van der Waals surface area contributed by atoms with Crippen molar-refractivity contribution >= 4 is 23.5 Å². The summed E-state index contributed by atoms with van der Waals surface area (Å²) in [4.78, 5) is 13.8. The van der Waals surface area contributed by atoms with Crippen molar-refractivity contribution in [3.63, 3.8) is 0 Å². The van der Waals surface area contributed by atoms with Crippen molar-refractivity contribution in [3.8, 4) is 0 Å². The highest BCUT2D eigenvalue weighted by Gasteiger charge is 2.27. The normalized spacial score (nSPS) is 21.7. The molecule has 2 aliphatic heterocycles. The maximum Gasteiger partial charge on any atom is 0.222 e. The van der Waals surface area contributed by atoms with Gasteiger partial charge in [-0.05, 0) is 26.7 Å². The number of rotatable bonds is 2. The average molecular weight is 307 g/mol. The van der Waals surface area contributed by atoms with Gasteiger partial charge in [0, 0.05) is 55.0 Å². The molecule has 5 nitrogen and oxygen atoms in total. The van der Waals surface area contributed by atoms with Crippen molar-refractivity contribution in [1.29, 1.82) is 0 Å². The zero-order valence-corrected chi connectivity index (χ0v) is 13.8. The van der Waals surface area contributed by atoms with Crippen LogP contribution in [0.2, 0.25) is 0 Å². The minimum Gasteiger partial charge on any atom is -0.368 e. The second-order valence-corrected chi connectivity index (χ2v) is 7.21. The molecule has 3 rings (SSSR count). The summed E-state index contributed by atoms with van der Waals surface area (Å²) in [5.74, 6) is 4.01. The first-order chi connectivity index (χ1) is 10.1. The molecule has 2 saturated heterocycles. The van der Waals surface area contributed by atoms with E-state index in [1.165, 1.54) is 37.4 Å². The van der Waals surface area contributed by atoms with Gasteiger partial charge in [-0.2, -0.15) is 16.7 Å². The van der Waals surface area contributed by atoms with E-state index in [2.05, 4.69) is 38.5 Å². The lowest BCUT2D eigenvalue weighted by molar-refractivity contribution is 0.185. The summed E-state index contributed by atoms with van der Waals surface area (Å²) < 4.78 is 0. The number of nitrogens with two attached hydrogens (primary N) is 1. The van der Waals surface area contributed by atoms with Gasteiger partial charge >= 0.3 is 0 Å². The predicted molar refractivity (Wildman–Crippen MR) is 90.1 cm³/mol. The van der Waals surface area contributed by atoms with Crippen LogP contribution >= 0.6 is 11.8 Å². The molecule has 1 aromatic rings. The van der Waals surface area contributed by atoms with Gasteiger partial charge in [0.1, 0.15) is 5.82 Å². The van der Waals surface area contributed by atoms with Gasteiger partial charge in [-0.1, -0.05) is 0 Å². The number of nitrogens with zero attached hydrogens (tertiary/aromatic N) is 4. The Morgan fingerprint density at radius 1 is 1.05 bits per heavy atom. The number of thioether (sulfide) groups is 1. The summed E-state index contributed by atoms with van der Waals surface area (Å²) in [6.45, 7) is 8.77. The molecule has 0 radical (unpaired) electrons. The zero-order chi connectivity index (χ0) is 14.8. The van der Waals surface area contributed by atoms with Crippen LogP contribution in [0.1, 0.15) is 24.1 Å². The zero-order valence-electron chi connectivity index (χ0n) is 13.0. The van der Waals surface area contributed by atoms with Crippen LogP contribution in [0.25, 0.3) is 0 Å². The highest BCUT2D eigenvalue weighted by molar-refractivity contribution is 7.99. The van der Waals surface area contributed by atoms with Crippen LogP contribution in [0.3, 0.4) is 0 Å². The summed E-state index contributed by atoms with van der Waals surface area (Å²) >= 11 is 2.08. The van der Waals surface area contributed by atoms with E-state index in [0.29, 0.717) is 5.95 Å². The standard InChI is InChI=1S/C15H25N5S/c1-11-12(2)17-15(16)18-14(11)20-5-3-13(4-6-20)19-7-9-21-10-8-19/h13H,3-10H2,1-2H3,(H2,16,17,18). The Morgan fingerprint density at radius 2 is 1.71 bits per heavy atom. The Labute approximate surface area is 131 Å². The molecule has 3 heterocycles. The summed E-state index contributed by atoms with van der Waals surface area (Å²) in [6, 6.07) is 0.753. The monoisotopic (exact) mass is 307 g/mol. The minimum absolute atomic E-state index is 0.392. The van der Waals surface area contributed by atoms with E-state index in [-0.39, 0.29) is 0 Å². The summed E-state index contributed by atoms with van der Waals surface area (Å²) in [5, 5.41) is 0. The molecule has 0 atom stereocenters. The first-order valence-electron chi connectivity index (χ1n) is 7.82. The lowest BCUT2D eigenvalue weighted by Gasteiger charge is -2.40. The Bertz CT molecular complexity index is 493. The number of aryl methyl sites for hydroxylation is 1. The van der Waals surface area contributed by atoms with Crippen molar-refractivity contribution in [3.05, 3.63) is 11.3 Å². The number of aromatic nitrogens is 2. The Morgan fingerprint density at radius 3 is 2.38 bits per heavy atom. The second kappa shape index (κ2) is 6.40. The summed E-state index contributed by atoms with van der Waals surface area (Å²) in [6.07, 6.45) is 2.46. The molecule has 0 amide bonds. The van der Waals surface area contributed by atoms with Crippen LogP contribution in [0, 0.1) is 13.8 Å². The SMILES string of the molecule is Cc1nc(N)nc(N2CCC(N3CCSCC3)CC2)c1C. The topological polar surface area (TPSA) is 58.3 Å². The van der Waals surface area contributed by atoms with Gasteiger partial charge in [-0.15, -0.1) is 0 Å². The minimum atomic E-state index is 0.392. The molecule has 21 heavy (non-hydrogen) atoms. The van der Waals surface area contributed by atoms with Crippen molar-refractivity contribution in [2.45, 2.75) is 32.7 Å². The lowest BCUT2D eigenvalue weighted by atomic mass is 10.0. The van der Waals surface area contributed by atoms with Crippen LogP contribution in [0.5, 0.6) is 0 Å². The molecule has 6 heteroatoms. The molecular formula is C15H25N5S. The Kier molecular flexibility index (Phi) is 4.54. The fraction of sp³-hybridized carbons (Fsp3) is 0.733. The molecule has 0 unspecified atom stereocenters. The molecule has 0 aliphatic carbocycles. The van der Waals surface area contributed by atoms with Crippen LogP contribution in [0.4, 0.5) is 11.8 Å². The van der Waals surface area contributed by atoms with E-state index in [1.807, 2.05) is 6.92 Å². The average Bonchev–Trinajstić information content (AvgIpc) is 2.52. The molecule has 0 aromatic carbocycles. The third-order valence-corrected chi connectivity index (χ3v) is 5.65.